The second-order valence-corrected chi connectivity index (χ2v) is 10.7. The number of aromatic amines is 1. The van der Waals surface area contributed by atoms with Gasteiger partial charge in [-0.3, -0.25) is 14.4 Å². The first-order valence-corrected chi connectivity index (χ1v) is 14.8. The van der Waals surface area contributed by atoms with Crippen LogP contribution in [0.2, 0.25) is 0 Å². The van der Waals surface area contributed by atoms with Crippen molar-refractivity contribution in [2.75, 3.05) is 17.8 Å². The molecule has 2 aromatic carbocycles. The third kappa shape index (κ3) is 8.77. The van der Waals surface area contributed by atoms with E-state index >= 15 is 0 Å². The Labute approximate surface area is 242 Å². The van der Waals surface area contributed by atoms with Crippen LogP contribution < -0.4 is 21.7 Å². The van der Waals surface area contributed by atoms with E-state index in [4.69, 9.17) is 5.73 Å². The molecule has 0 bridgehead atoms. The van der Waals surface area contributed by atoms with E-state index in [0.29, 0.717) is 5.75 Å². The van der Waals surface area contributed by atoms with Crippen LogP contribution in [0.3, 0.4) is 0 Å². The normalized spacial score (nSPS) is 14.1. The van der Waals surface area contributed by atoms with Gasteiger partial charge in [0.2, 0.25) is 17.7 Å². The fraction of sp³-hybridized carbons (Fsp3) is 0.357. The molecule has 7 N–H and O–H groups in total. The first-order valence-electron chi connectivity index (χ1n) is 12.8. The predicted molar refractivity (Wildman–Crippen MR) is 160 cm³/mol. The van der Waals surface area contributed by atoms with Gasteiger partial charge in [0.1, 0.15) is 18.1 Å². The van der Waals surface area contributed by atoms with Gasteiger partial charge in [-0.15, -0.1) is 0 Å². The Morgan fingerprint density at radius 1 is 0.900 bits per heavy atom. The van der Waals surface area contributed by atoms with E-state index in [1.54, 1.807) is 30.5 Å². The van der Waals surface area contributed by atoms with Crippen LogP contribution in [0.4, 0.5) is 0 Å². The van der Waals surface area contributed by atoms with E-state index in [0.717, 1.165) is 22.0 Å². The highest BCUT2D eigenvalue weighted by Gasteiger charge is 2.30. The summed E-state index contributed by atoms with van der Waals surface area (Å²) in [5.74, 6) is -2.43. The van der Waals surface area contributed by atoms with Gasteiger partial charge >= 0.3 is 5.97 Å². The van der Waals surface area contributed by atoms with Gasteiger partial charge in [-0.25, -0.2) is 4.79 Å². The number of nitrogens with one attached hydrogen (secondary N) is 4. The van der Waals surface area contributed by atoms with Gasteiger partial charge in [-0.2, -0.15) is 24.4 Å². The summed E-state index contributed by atoms with van der Waals surface area (Å²) in [4.78, 5) is 54.0. The summed E-state index contributed by atoms with van der Waals surface area (Å²) in [6.45, 7) is 0. The number of carbonyl (C=O) groups excluding carboxylic acids is 3. The van der Waals surface area contributed by atoms with Gasteiger partial charge in [0.05, 0.1) is 6.04 Å². The van der Waals surface area contributed by atoms with Crippen LogP contribution in [0, 0.1) is 0 Å². The second kappa shape index (κ2) is 15.3. The Kier molecular flexibility index (Phi) is 11.9. The van der Waals surface area contributed by atoms with Crippen LogP contribution >= 0.6 is 24.4 Å². The number of nitrogens with two attached hydrogens (primary N) is 1. The lowest BCUT2D eigenvalue weighted by atomic mass is 10.0. The number of aliphatic carboxylic acids is 1. The number of thioether (sulfide) groups is 1. The lowest BCUT2D eigenvalue weighted by molar-refractivity contribution is -0.142. The van der Waals surface area contributed by atoms with Crippen LogP contribution in [0.15, 0.2) is 60.8 Å². The van der Waals surface area contributed by atoms with Gasteiger partial charge in [0.25, 0.3) is 0 Å². The molecule has 0 radical (unpaired) electrons. The van der Waals surface area contributed by atoms with E-state index in [2.05, 4.69) is 33.6 Å². The van der Waals surface area contributed by atoms with E-state index < -0.39 is 47.9 Å². The quantitative estimate of drug-likeness (QED) is 0.133. The molecule has 1 aromatic heterocycles. The average molecular weight is 586 g/mol. The molecule has 4 atom stereocenters. The fourth-order valence-corrected chi connectivity index (χ4v) is 4.93. The van der Waals surface area contributed by atoms with Gasteiger partial charge in [0, 0.05) is 29.3 Å². The Balaban J connectivity index is 1.62. The summed E-state index contributed by atoms with van der Waals surface area (Å²) >= 11 is 5.70. The molecule has 3 aromatic rings. The topological polar surface area (TPSA) is 166 Å². The van der Waals surface area contributed by atoms with E-state index in [-0.39, 0.29) is 25.0 Å². The molecule has 0 aliphatic heterocycles. The summed E-state index contributed by atoms with van der Waals surface area (Å²) in [7, 11) is 0. The Morgan fingerprint density at radius 3 is 2.20 bits per heavy atom. The molecule has 0 spiro atoms. The van der Waals surface area contributed by atoms with Crippen molar-refractivity contribution in [3.05, 3.63) is 71.9 Å². The molecule has 10 nitrogen and oxygen atoms in total. The molecule has 3 amide bonds. The Hall–Kier alpha value is -3.48. The van der Waals surface area contributed by atoms with Crippen molar-refractivity contribution >= 4 is 59.0 Å². The SMILES string of the molecule is CSCCC(NC(=O)C(CS)NC(=O)C(N)Cc1c[nH]c2ccccc12)C(=O)NC(Cc1ccccc1)C(=O)O. The minimum absolute atomic E-state index is 0.0278. The van der Waals surface area contributed by atoms with Gasteiger partial charge in [-0.1, -0.05) is 48.5 Å². The third-order valence-corrected chi connectivity index (χ3v) is 7.42. The highest BCUT2D eigenvalue weighted by Crippen LogP contribution is 2.18. The number of carboxylic acids is 1. The molecule has 0 aliphatic carbocycles. The van der Waals surface area contributed by atoms with Crippen molar-refractivity contribution in [1.29, 1.82) is 0 Å². The summed E-state index contributed by atoms with van der Waals surface area (Å²) in [6, 6.07) is 12.5. The standard InChI is InChI=1S/C28H35N5O5S2/c1-40-12-11-22(26(35)32-23(28(37)38)13-17-7-3-2-4-8-17)31-27(36)24(16-39)33-25(34)20(29)14-18-15-30-21-10-6-5-9-19(18)21/h2-10,15,20,22-24,30,39H,11-14,16,29H2,1H3,(H,31,36)(H,32,35)(H,33,34)(H,37,38). The molecule has 1 heterocycles. The van der Waals surface area contributed by atoms with Crippen LogP contribution in [0.25, 0.3) is 10.9 Å². The van der Waals surface area contributed by atoms with Gasteiger partial charge in [-0.05, 0) is 42.0 Å². The van der Waals surface area contributed by atoms with Crippen molar-refractivity contribution in [3.8, 4) is 0 Å². The number of benzene rings is 2. The van der Waals surface area contributed by atoms with Gasteiger partial charge < -0.3 is 31.8 Å². The molecule has 0 saturated carbocycles. The molecule has 214 valence electrons. The fourth-order valence-electron chi connectivity index (χ4n) is 4.20. The highest BCUT2D eigenvalue weighted by atomic mass is 32.2. The lowest BCUT2D eigenvalue weighted by Gasteiger charge is -2.24. The zero-order valence-electron chi connectivity index (χ0n) is 22.1. The number of carbonyl (C=O) groups is 4. The second-order valence-electron chi connectivity index (χ2n) is 9.35. The molecule has 40 heavy (non-hydrogen) atoms. The summed E-state index contributed by atoms with van der Waals surface area (Å²) < 4.78 is 0. The van der Waals surface area contributed by atoms with E-state index in [1.165, 1.54) is 11.8 Å². The van der Waals surface area contributed by atoms with E-state index in [9.17, 15) is 24.3 Å². The molecule has 3 rings (SSSR count). The number of para-hydroxylation sites is 1. The third-order valence-electron chi connectivity index (χ3n) is 6.41. The molecule has 0 aliphatic rings. The molecular weight excluding hydrogens is 550 g/mol. The maximum absolute atomic E-state index is 13.1. The van der Waals surface area contributed by atoms with Crippen molar-refractivity contribution in [2.45, 2.75) is 43.4 Å². The smallest absolute Gasteiger partial charge is 0.326 e. The zero-order valence-corrected chi connectivity index (χ0v) is 23.8. The number of hydrogen-bond acceptors (Lipinski definition) is 7. The maximum Gasteiger partial charge on any atom is 0.326 e. The Bertz CT molecular complexity index is 1300. The number of rotatable bonds is 15. The van der Waals surface area contributed by atoms with Gasteiger partial charge in [0.15, 0.2) is 0 Å². The number of thiol groups is 1. The Morgan fingerprint density at radius 2 is 1.52 bits per heavy atom. The minimum Gasteiger partial charge on any atom is -0.480 e. The summed E-state index contributed by atoms with van der Waals surface area (Å²) in [5.41, 5.74) is 8.72. The zero-order chi connectivity index (χ0) is 29.1. The predicted octanol–water partition coefficient (Wildman–Crippen LogP) is 1.50. The van der Waals surface area contributed by atoms with Crippen LogP contribution in [0.5, 0.6) is 0 Å². The number of carboxylic acid groups (broad SMARTS) is 1. The van der Waals surface area contributed by atoms with Crippen molar-refractivity contribution < 1.29 is 24.3 Å². The summed E-state index contributed by atoms with van der Waals surface area (Å²) in [6.07, 6.45) is 4.28. The molecule has 4 unspecified atom stereocenters. The number of aromatic nitrogens is 1. The highest BCUT2D eigenvalue weighted by molar-refractivity contribution is 7.98. The van der Waals surface area contributed by atoms with Crippen LogP contribution in [0.1, 0.15) is 17.5 Å². The van der Waals surface area contributed by atoms with Crippen molar-refractivity contribution in [2.24, 2.45) is 5.73 Å². The number of H-pyrrole nitrogens is 1. The minimum atomic E-state index is -1.18. The van der Waals surface area contributed by atoms with Crippen molar-refractivity contribution in [1.82, 2.24) is 20.9 Å². The maximum atomic E-state index is 13.1. The van der Waals surface area contributed by atoms with E-state index in [1.807, 2.05) is 36.6 Å². The first kappa shape index (κ1) is 31.1. The lowest BCUT2D eigenvalue weighted by Crippen LogP contribution is -2.58. The van der Waals surface area contributed by atoms with Crippen molar-refractivity contribution in [3.63, 3.8) is 0 Å². The molecule has 12 heteroatoms. The first-order chi connectivity index (χ1) is 19.2. The molecule has 0 fully saturated rings. The number of amides is 3. The molecular formula is C28H35N5O5S2. The van der Waals surface area contributed by atoms with Crippen LogP contribution in [-0.4, -0.2) is 75.7 Å². The monoisotopic (exact) mass is 585 g/mol. The van der Waals surface area contributed by atoms with Crippen LogP contribution in [-0.2, 0) is 32.0 Å². The number of hydrogen-bond donors (Lipinski definition) is 7. The average Bonchev–Trinajstić information content (AvgIpc) is 3.36. The summed E-state index contributed by atoms with van der Waals surface area (Å²) in [5, 5.41) is 18.5. The molecule has 0 saturated heterocycles. The number of fused-ring (bicyclic) bond motifs is 1. The largest absolute Gasteiger partial charge is 0.480 e.